The van der Waals surface area contributed by atoms with Crippen molar-refractivity contribution in [1.29, 1.82) is 0 Å². The molecule has 0 spiro atoms. The van der Waals surface area contributed by atoms with E-state index in [4.69, 9.17) is 0 Å². The van der Waals surface area contributed by atoms with Crippen LogP contribution < -0.4 is 9.75 Å². The first-order chi connectivity index (χ1) is 10.6. The van der Waals surface area contributed by atoms with Crippen LogP contribution in [0.1, 0.15) is 0 Å². The molecule has 0 atom stereocenters. The van der Waals surface area contributed by atoms with Gasteiger partial charge in [-0.2, -0.15) is 0 Å². The summed E-state index contributed by atoms with van der Waals surface area (Å²) in [5.41, 5.74) is 2.33. The number of para-hydroxylation sites is 3. The van der Waals surface area contributed by atoms with E-state index in [-0.39, 0.29) is 0 Å². The summed E-state index contributed by atoms with van der Waals surface area (Å²) in [6.07, 6.45) is 0. The maximum atomic E-state index is 12.0. The predicted molar refractivity (Wildman–Crippen MR) is 86.1 cm³/mol. The number of hydrogen-bond acceptors (Lipinski definition) is 2. The second kappa shape index (κ2) is 5.48. The van der Waals surface area contributed by atoms with Crippen molar-refractivity contribution in [2.24, 2.45) is 0 Å². The molecule has 2 aromatic carbocycles. The molecule has 0 aliphatic rings. The van der Waals surface area contributed by atoms with Gasteiger partial charge in [0.25, 0.3) is 0 Å². The van der Waals surface area contributed by atoms with Gasteiger partial charge in [0.1, 0.15) is 5.69 Å². The summed E-state index contributed by atoms with van der Waals surface area (Å²) in [6.45, 7) is 0. The van der Waals surface area contributed by atoms with Gasteiger partial charge in [-0.1, -0.05) is 35.0 Å². The molecule has 0 fully saturated rings. The molecule has 0 saturated heterocycles. The lowest BCUT2D eigenvalue weighted by Gasteiger charge is -2.15. The number of hydrogen-bond donors (Lipinski definition) is 0. The van der Waals surface area contributed by atoms with E-state index in [0.29, 0.717) is 10.4 Å². The van der Waals surface area contributed by atoms with E-state index in [1.807, 2.05) is 79.1 Å². The quantitative estimate of drug-likeness (QED) is 0.294. The van der Waals surface area contributed by atoms with E-state index in [1.54, 1.807) is 10.7 Å². The molecule has 3 aromatic rings. The summed E-state index contributed by atoms with van der Waals surface area (Å²) in [4.78, 5) is 2.65. The molecule has 6 heteroatoms. The van der Waals surface area contributed by atoms with Crippen molar-refractivity contribution in [3.63, 3.8) is 0 Å². The van der Waals surface area contributed by atoms with Gasteiger partial charge in [0.15, 0.2) is 11.0 Å². The van der Waals surface area contributed by atoms with Crippen molar-refractivity contribution in [2.75, 3.05) is 26.0 Å². The first-order valence-corrected chi connectivity index (χ1v) is 7.00. The summed E-state index contributed by atoms with van der Waals surface area (Å²) in [5.74, 6) is 0.789. The van der Waals surface area contributed by atoms with Crippen LogP contribution in [0.25, 0.3) is 11.0 Å². The van der Waals surface area contributed by atoms with Crippen molar-refractivity contribution in [3.8, 4) is 0 Å². The highest BCUT2D eigenvalue weighted by Gasteiger charge is 2.26. The first kappa shape index (κ1) is 14.1. The average molecular weight is 296 g/mol. The molecule has 0 bridgehead atoms. The van der Waals surface area contributed by atoms with Crippen LogP contribution in [-0.2, 0) is 0 Å². The summed E-state index contributed by atoms with van der Waals surface area (Å²) >= 11 is 0. The van der Waals surface area contributed by atoms with Crippen LogP contribution in [0.5, 0.6) is 0 Å². The molecule has 112 valence electrons. The molecule has 1 aromatic heterocycles. The molecule has 0 saturated carbocycles. The highest BCUT2D eigenvalue weighted by molar-refractivity contribution is 5.97. The predicted octanol–water partition coefficient (Wildman–Crippen LogP) is 1.28. The van der Waals surface area contributed by atoms with Gasteiger partial charge in [0, 0.05) is 0 Å². The summed E-state index contributed by atoms with van der Waals surface area (Å²) in [7, 11) is 5.82. The molecular weight excluding hydrogens is 278 g/mol. The summed E-state index contributed by atoms with van der Waals surface area (Å²) in [6, 6.07) is 17.3. The van der Waals surface area contributed by atoms with Gasteiger partial charge in [0.2, 0.25) is 0 Å². The summed E-state index contributed by atoms with van der Waals surface area (Å²) < 4.78 is 3.60. The molecule has 0 unspecified atom stereocenters. The number of anilines is 1. The molecule has 0 N–H and O–H groups in total. The van der Waals surface area contributed by atoms with E-state index >= 15 is 0 Å². The second-order valence-corrected chi connectivity index (χ2v) is 5.25. The lowest BCUT2D eigenvalue weighted by atomic mass is 10.3. The van der Waals surface area contributed by atoms with Gasteiger partial charge in [-0.25, -0.2) is 4.90 Å². The third-order valence-corrected chi connectivity index (χ3v) is 3.52. The van der Waals surface area contributed by atoms with Crippen molar-refractivity contribution in [3.05, 3.63) is 59.8 Å². The minimum atomic E-state index is 0.545. The average Bonchev–Trinajstić information content (AvgIpc) is 2.85. The van der Waals surface area contributed by atoms with E-state index in [0.717, 1.165) is 17.2 Å². The zero-order chi connectivity index (χ0) is 15.7. The largest absolute Gasteiger partial charge is 0.691 e. The zero-order valence-corrected chi connectivity index (χ0v) is 12.8. The lowest BCUT2D eigenvalue weighted by Crippen LogP contribution is -2.41. The molecule has 3 rings (SSSR count). The highest BCUT2D eigenvalue weighted by atomic mass is 16.5. The molecule has 6 nitrogen and oxygen atoms in total. The highest BCUT2D eigenvalue weighted by Crippen LogP contribution is 2.15. The Balaban J connectivity index is 2.19. The normalized spacial score (nSPS) is 10.7. The Bertz CT molecular complexity index is 834. The van der Waals surface area contributed by atoms with Gasteiger partial charge < -0.3 is 5.21 Å². The van der Waals surface area contributed by atoms with Crippen molar-refractivity contribution >= 4 is 22.7 Å². The minimum absolute atomic E-state index is 0.545. The number of aromatic nitrogens is 3. The Hall–Kier alpha value is -2.89. The molecule has 1 heterocycles. The van der Waals surface area contributed by atoms with E-state index in [1.165, 1.54) is 0 Å². The Labute approximate surface area is 128 Å². The Morgan fingerprint density at radius 1 is 1.09 bits per heavy atom. The Kier molecular flexibility index (Phi) is 3.50. The SMILES string of the molecule is CN(C(n1n[n+]([O-])c2ccccc21)=[N+](C)C)c1ccccc1. The molecule has 0 radical (unpaired) electrons. The van der Waals surface area contributed by atoms with Gasteiger partial charge in [-0.15, -0.1) is 4.85 Å². The first-order valence-electron chi connectivity index (χ1n) is 7.00. The van der Waals surface area contributed by atoms with Gasteiger partial charge in [-0.3, -0.25) is 4.58 Å². The van der Waals surface area contributed by atoms with E-state index in [9.17, 15) is 5.21 Å². The zero-order valence-electron chi connectivity index (χ0n) is 12.8. The van der Waals surface area contributed by atoms with Crippen LogP contribution in [0.2, 0.25) is 0 Å². The third-order valence-electron chi connectivity index (χ3n) is 3.52. The minimum Gasteiger partial charge on any atom is -0.691 e. The van der Waals surface area contributed by atoms with Crippen molar-refractivity contribution in [1.82, 2.24) is 9.90 Å². The fourth-order valence-electron chi connectivity index (χ4n) is 2.53. The number of rotatable bonds is 1. The maximum absolute atomic E-state index is 12.0. The van der Waals surface area contributed by atoms with Gasteiger partial charge >= 0.3 is 5.96 Å². The van der Waals surface area contributed by atoms with Gasteiger partial charge in [0.05, 0.1) is 26.4 Å². The van der Waals surface area contributed by atoms with Crippen LogP contribution >= 0.6 is 0 Å². The fourth-order valence-corrected chi connectivity index (χ4v) is 2.53. The van der Waals surface area contributed by atoms with Crippen LogP contribution in [0, 0.1) is 5.21 Å². The number of benzene rings is 2. The van der Waals surface area contributed by atoms with Crippen LogP contribution in [0.15, 0.2) is 54.6 Å². The van der Waals surface area contributed by atoms with Crippen molar-refractivity contribution < 1.29 is 9.42 Å². The van der Waals surface area contributed by atoms with Crippen LogP contribution in [-0.4, -0.2) is 41.6 Å². The molecule has 0 aliphatic carbocycles. The Morgan fingerprint density at radius 3 is 2.41 bits per heavy atom. The van der Waals surface area contributed by atoms with Crippen LogP contribution in [0.3, 0.4) is 0 Å². The van der Waals surface area contributed by atoms with E-state index < -0.39 is 0 Å². The molecule has 0 aliphatic heterocycles. The standard InChI is InChI=1S/C16H18N5O/c1-18(2)16(19(3)13-9-5-4-6-10-13)20-14-11-7-8-12-15(14)21(22)17-20/h4-12H,1-3H3/q+1. The number of nitrogens with zero attached hydrogens (tertiary/aromatic N) is 5. The Morgan fingerprint density at radius 2 is 1.73 bits per heavy atom. The topological polar surface area (TPSA) is 51.0 Å². The molecular formula is C16H18N5O+. The second-order valence-electron chi connectivity index (χ2n) is 5.25. The lowest BCUT2D eigenvalue weighted by molar-refractivity contribution is -0.645. The monoisotopic (exact) mass is 296 g/mol. The maximum Gasteiger partial charge on any atom is 0.387 e. The third kappa shape index (κ3) is 2.28. The van der Waals surface area contributed by atoms with E-state index in [2.05, 4.69) is 5.21 Å². The molecule has 22 heavy (non-hydrogen) atoms. The van der Waals surface area contributed by atoms with Gasteiger partial charge in [-0.05, 0) is 24.3 Å². The summed E-state index contributed by atoms with van der Waals surface area (Å²) in [5, 5.41) is 16.1. The number of fused-ring (bicyclic) bond motifs is 1. The van der Waals surface area contributed by atoms with Crippen molar-refractivity contribution in [2.45, 2.75) is 0 Å². The fraction of sp³-hybridized carbons (Fsp3) is 0.188. The van der Waals surface area contributed by atoms with Crippen LogP contribution in [0.4, 0.5) is 5.69 Å². The molecule has 0 amide bonds. The smallest absolute Gasteiger partial charge is 0.387 e.